The Labute approximate surface area is 195 Å². The molecule has 2 amide bonds. The molecule has 1 N–H and O–H groups in total. The van der Waals surface area contributed by atoms with Crippen LogP contribution in [0.3, 0.4) is 0 Å². The molecule has 0 saturated heterocycles. The highest BCUT2D eigenvalue weighted by Gasteiger charge is 2.27. The first-order valence-electron chi connectivity index (χ1n) is 9.64. The highest BCUT2D eigenvalue weighted by molar-refractivity contribution is 6.36. The Morgan fingerprint density at radius 1 is 1.22 bits per heavy atom. The zero-order valence-electron chi connectivity index (χ0n) is 17.8. The third-order valence-electron chi connectivity index (χ3n) is 4.62. The second-order valence-electron chi connectivity index (χ2n) is 6.67. The molecular formula is C21H23Cl2N3O6. The number of nitro groups is 1. The van der Waals surface area contributed by atoms with Gasteiger partial charge in [-0.25, -0.2) is 0 Å². The van der Waals surface area contributed by atoms with Crippen LogP contribution in [0.1, 0.15) is 19.4 Å². The average molecular weight is 484 g/mol. The van der Waals surface area contributed by atoms with Crippen LogP contribution in [0.25, 0.3) is 0 Å². The lowest BCUT2D eigenvalue weighted by atomic mass is 10.1. The number of benzene rings is 2. The molecule has 2 aromatic rings. The van der Waals surface area contributed by atoms with Crippen LogP contribution >= 0.6 is 23.2 Å². The first-order chi connectivity index (χ1) is 15.2. The van der Waals surface area contributed by atoms with E-state index in [1.807, 2.05) is 0 Å². The molecule has 0 aliphatic rings. The average Bonchev–Trinajstić information content (AvgIpc) is 2.76. The number of hydrogen-bond acceptors (Lipinski definition) is 6. The van der Waals surface area contributed by atoms with E-state index in [1.165, 1.54) is 30.2 Å². The fraction of sp³-hybridized carbons (Fsp3) is 0.333. The van der Waals surface area contributed by atoms with E-state index < -0.39 is 23.5 Å². The van der Waals surface area contributed by atoms with Crippen molar-refractivity contribution < 1.29 is 24.0 Å². The number of rotatable bonds is 10. The summed E-state index contributed by atoms with van der Waals surface area (Å²) in [6.45, 7) is 3.32. The number of methoxy groups -OCH3 is 1. The van der Waals surface area contributed by atoms with Crippen molar-refractivity contribution in [3.63, 3.8) is 0 Å². The Balaban J connectivity index is 2.24. The molecule has 32 heavy (non-hydrogen) atoms. The molecular weight excluding hydrogens is 461 g/mol. The number of nitro benzene ring substituents is 1. The van der Waals surface area contributed by atoms with E-state index in [0.717, 1.165) is 0 Å². The summed E-state index contributed by atoms with van der Waals surface area (Å²) < 4.78 is 10.5. The van der Waals surface area contributed by atoms with Gasteiger partial charge in [-0.2, -0.15) is 0 Å². The summed E-state index contributed by atoms with van der Waals surface area (Å²) in [6, 6.07) is 8.02. The highest BCUT2D eigenvalue weighted by Crippen LogP contribution is 2.31. The minimum Gasteiger partial charge on any atom is -0.490 e. The molecule has 0 radical (unpaired) electrons. The molecule has 0 heterocycles. The third-order valence-corrected chi connectivity index (χ3v) is 5.33. The van der Waals surface area contributed by atoms with Gasteiger partial charge in [0.15, 0.2) is 6.61 Å². The smallest absolute Gasteiger partial charge is 0.311 e. The number of likely N-dealkylation sites (N-methyl/N-ethyl adjacent to an activating group) is 1. The maximum atomic E-state index is 13.0. The summed E-state index contributed by atoms with van der Waals surface area (Å²) >= 11 is 12.5. The van der Waals surface area contributed by atoms with Crippen LogP contribution in [0.15, 0.2) is 36.4 Å². The summed E-state index contributed by atoms with van der Waals surface area (Å²) in [6.07, 6.45) is 0. The van der Waals surface area contributed by atoms with Crippen LogP contribution in [-0.2, 0) is 16.1 Å². The predicted octanol–water partition coefficient (Wildman–Crippen LogP) is 3.84. The maximum absolute atomic E-state index is 13.0. The fourth-order valence-electron chi connectivity index (χ4n) is 2.88. The zero-order valence-corrected chi connectivity index (χ0v) is 19.3. The minimum atomic E-state index is -0.829. The summed E-state index contributed by atoms with van der Waals surface area (Å²) in [5, 5.41) is 14.4. The van der Waals surface area contributed by atoms with E-state index in [4.69, 9.17) is 32.7 Å². The van der Waals surface area contributed by atoms with Gasteiger partial charge in [-0.1, -0.05) is 29.3 Å². The summed E-state index contributed by atoms with van der Waals surface area (Å²) in [7, 11) is 1.29. The van der Waals surface area contributed by atoms with Crippen LogP contribution in [-0.4, -0.2) is 47.9 Å². The molecule has 9 nitrogen and oxygen atoms in total. The molecule has 0 aromatic heterocycles. The lowest BCUT2D eigenvalue weighted by Crippen LogP contribution is -2.49. The van der Waals surface area contributed by atoms with Gasteiger partial charge in [0, 0.05) is 40.8 Å². The lowest BCUT2D eigenvalue weighted by Gasteiger charge is -2.29. The lowest BCUT2D eigenvalue weighted by molar-refractivity contribution is -0.385. The molecule has 2 rings (SSSR count). The molecule has 1 atom stereocenters. The van der Waals surface area contributed by atoms with E-state index in [9.17, 15) is 19.7 Å². The van der Waals surface area contributed by atoms with Crippen molar-refractivity contribution in [2.24, 2.45) is 0 Å². The molecule has 172 valence electrons. The summed E-state index contributed by atoms with van der Waals surface area (Å²) in [5.41, 5.74) is 0.267. The van der Waals surface area contributed by atoms with Crippen molar-refractivity contribution in [1.82, 2.24) is 10.2 Å². The largest absolute Gasteiger partial charge is 0.490 e. The van der Waals surface area contributed by atoms with Crippen molar-refractivity contribution >= 4 is 40.7 Å². The highest BCUT2D eigenvalue weighted by atomic mass is 35.5. The van der Waals surface area contributed by atoms with Crippen LogP contribution in [0.4, 0.5) is 5.69 Å². The SMILES string of the molecule is CCNC(=O)C(C)N(Cc1c(Cl)cccc1Cl)C(=O)COc1ccc([N+](=O)[O-])c(OC)c1. The standard InChI is InChI=1S/C21H23Cl2N3O6/c1-4-24-21(28)13(2)25(11-15-16(22)6-5-7-17(15)23)20(27)12-32-14-8-9-18(26(29)30)19(10-14)31-3/h5-10,13H,4,11-12H2,1-3H3,(H,24,28). The number of carbonyl (C=O) groups is 2. The van der Waals surface area contributed by atoms with Gasteiger partial charge in [0.2, 0.25) is 11.7 Å². The first kappa shape index (κ1) is 25.2. The molecule has 0 fully saturated rings. The number of ether oxygens (including phenoxy) is 2. The molecule has 0 spiro atoms. The second kappa shape index (κ2) is 11.5. The fourth-order valence-corrected chi connectivity index (χ4v) is 3.40. The molecule has 0 aliphatic heterocycles. The Kier molecular flexibility index (Phi) is 9.10. The topological polar surface area (TPSA) is 111 Å². The van der Waals surface area contributed by atoms with Gasteiger partial charge in [-0.15, -0.1) is 0 Å². The first-order valence-corrected chi connectivity index (χ1v) is 10.4. The minimum absolute atomic E-state index is 0.00431. The molecule has 0 aliphatic carbocycles. The Morgan fingerprint density at radius 3 is 2.44 bits per heavy atom. The van der Waals surface area contributed by atoms with Gasteiger partial charge in [-0.3, -0.25) is 19.7 Å². The van der Waals surface area contributed by atoms with Crippen molar-refractivity contribution in [2.75, 3.05) is 20.3 Å². The Hall–Kier alpha value is -3.04. The Morgan fingerprint density at radius 2 is 1.88 bits per heavy atom. The van der Waals surface area contributed by atoms with Crippen LogP contribution < -0.4 is 14.8 Å². The summed E-state index contributed by atoms with van der Waals surface area (Å²) in [5.74, 6) is -0.657. The van der Waals surface area contributed by atoms with Crippen LogP contribution in [0.2, 0.25) is 10.0 Å². The number of nitrogens with zero attached hydrogens (tertiary/aromatic N) is 2. The predicted molar refractivity (Wildman–Crippen MR) is 120 cm³/mol. The van der Waals surface area contributed by atoms with E-state index in [1.54, 1.807) is 32.0 Å². The Bertz CT molecular complexity index is 981. The van der Waals surface area contributed by atoms with Gasteiger partial charge in [0.1, 0.15) is 11.8 Å². The van der Waals surface area contributed by atoms with E-state index in [-0.39, 0.29) is 29.6 Å². The molecule has 2 aromatic carbocycles. The van der Waals surface area contributed by atoms with E-state index in [0.29, 0.717) is 22.2 Å². The number of nitrogens with one attached hydrogen (secondary N) is 1. The quantitative estimate of drug-likeness (QED) is 0.405. The van der Waals surface area contributed by atoms with Gasteiger partial charge in [-0.05, 0) is 32.0 Å². The van der Waals surface area contributed by atoms with Crippen LogP contribution in [0, 0.1) is 10.1 Å². The number of hydrogen-bond donors (Lipinski definition) is 1. The molecule has 0 saturated carbocycles. The molecule has 11 heteroatoms. The third kappa shape index (κ3) is 6.24. The molecule has 1 unspecified atom stereocenters. The molecule has 0 bridgehead atoms. The summed E-state index contributed by atoms with van der Waals surface area (Å²) in [4.78, 5) is 37.2. The number of amides is 2. The van der Waals surface area contributed by atoms with E-state index in [2.05, 4.69) is 5.32 Å². The van der Waals surface area contributed by atoms with Crippen molar-refractivity contribution in [2.45, 2.75) is 26.4 Å². The zero-order chi connectivity index (χ0) is 23.8. The van der Waals surface area contributed by atoms with E-state index >= 15 is 0 Å². The van der Waals surface area contributed by atoms with Gasteiger partial charge in [0.05, 0.1) is 12.0 Å². The number of halogens is 2. The van der Waals surface area contributed by atoms with Gasteiger partial charge >= 0.3 is 5.69 Å². The number of carbonyl (C=O) groups excluding carboxylic acids is 2. The van der Waals surface area contributed by atoms with Gasteiger partial charge < -0.3 is 19.7 Å². The van der Waals surface area contributed by atoms with Crippen molar-refractivity contribution in [3.05, 3.63) is 62.1 Å². The van der Waals surface area contributed by atoms with Gasteiger partial charge in [0.25, 0.3) is 5.91 Å². The van der Waals surface area contributed by atoms with Crippen molar-refractivity contribution in [3.8, 4) is 11.5 Å². The van der Waals surface area contributed by atoms with Crippen molar-refractivity contribution in [1.29, 1.82) is 0 Å². The second-order valence-corrected chi connectivity index (χ2v) is 7.49. The normalized spacial score (nSPS) is 11.4. The van der Waals surface area contributed by atoms with Crippen LogP contribution in [0.5, 0.6) is 11.5 Å². The monoisotopic (exact) mass is 483 g/mol. The maximum Gasteiger partial charge on any atom is 0.311 e.